The molecule has 1 atom stereocenters. The third-order valence-electron chi connectivity index (χ3n) is 3.20. The molecule has 1 aromatic rings. The lowest BCUT2D eigenvalue weighted by molar-refractivity contribution is 0.189. The lowest BCUT2D eigenvalue weighted by Crippen LogP contribution is -2.29. The maximum absolute atomic E-state index is 12.3. The van der Waals surface area contributed by atoms with Crippen LogP contribution in [0.2, 0.25) is 0 Å². The summed E-state index contributed by atoms with van der Waals surface area (Å²) in [6.45, 7) is 3.52. The van der Waals surface area contributed by atoms with E-state index in [1.807, 2.05) is 0 Å². The fourth-order valence-electron chi connectivity index (χ4n) is 2.09. The minimum atomic E-state index is -3.46. The summed E-state index contributed by atoms with van der Waals surface area (Å²) in [5.74, 6) is 0. The average Bonchev–Trinajstić information content (AvgIpc) is 2.84. The van der Waals surface area contributed by atoms with Crippen LogP contribution in [-0.2, 0) is 10.0 Å². The summed E-state index contributed by atoms with van der Waals surface area (Å²) in [5.41, 5.74) is 0.919. The zero-order valence-electron chi connectivity index (χ0n) is 11.0. The number of β-amino-alcohol motifs (C(OH)–C–C–N with tert-alkyl or cyclic N) is 1. The van der Waals surface area contributed by atoms with E-state index < -0.39 is 16.1 Å². The number of aliphatic hydroxyl groups excluding tert-OH is 1. The number of hydrogen-bond donors (Lipinski definition) is 2. The van der Waals surface area contributed by atoms with Gasteiger partial charge in [0.05, 0.1) is 11.0 Å². The predicted octanol–water partition coefficient (Wildman–Crippen LogP) is 1.26. The van der Waals surface area contributed by atoms with Crippen LogP contribution in [0.3, 0.4) is 0 Å². The number of sulfonamides is 1. The van der Waals surface area contributed by atoms with E-state index in [1.54, 1.807) is 24.3 Å². The fraction of sp³-hybridized carbons (Fsp3) is 0.538. The topological polar surface area (TPSA) is 69.6 Å². The van der Waals surface area contributed by atoms with Crippen LogP contribution in [0.1, 0.15) is 19.8 Å². The quantitative estimate of drug-likeness (QED) is 0.854. The number of nitrogens with one attached hydrogen (secondary N) is 1. The van der Waals surface area contributed by atoms with Gasteiger partial charge in [0.25, 0.3) is 0 Å². The first-order valence-electron chi connectivity index (χ1n) is 6.56. The molecule has 0 aromatic heterocycles. The molecule has 1 aliphatic heterocycles. The van der Waals surface area contributed by atoms with E-state index in [4.69, 9.17) is 0 Å². The zero-order valence-corrected chi connectivity index (χ0v) is 11.9. The highest BCUT2D eigenvalue weighted by atomic mass is 32.2. The van der Waals surface area contributed by atoms with Crippen molar-refractivity contribution in [3.8, 4) is 0 Å². The van der Waals surface area contributed by atoms with E-state index >= 15 is 0 Å². The molecule has 2 rings (SSSR count). The molecule has 19 heavy (non-hydrogen) atoms. The first-order chi connectivity index (χ1) is 9.04. The molecule has 106 valence electrons. The summed E-state index contributed by atoms with van der Waals surface area (Å²) in [5, 5.41) is 12.6. The largest absolute Gasteiger partial charge is 0.392 e. The van der Waals surface area contributed by atoms with Gasteiger partial charge in [-0.25, -0.2) is 8.42 Å². The Kier molecular flexibility index (Phi) is 4.44. The van der Waals surface area contributed by atoms with Gasteiger partial charge in [-0.15, -0.1) is 0 Å². The highest BCUT2D eigenvalue weighted by Gasteiger charge is 2.31. The van der Waals surface area contributed by atoms with E-state index in [0.717, 1.165) is 18.7 Å². The van der Waals surface area contributed by atoms with Gasteiger partial charge < -0.3 is 10.4 Å². The third kappa shape index (κ3) is 3.26. The second-order valence-corrected chi connectivity index (χ2v) is 6.69. The van der Waals surface area contributed by atoms with Crippen LogP contribution in [-0.4, -0.2) is 43.6 Å². The maximum atomic E-state index is 12.3. The number of rotatable bonds is 5. The molecular formula is C13H20N2O3S. The van der Waals surface area contributed by atoms with Gasteiger partial charge in [-0.3, -0.25) is 0 Å². The smallest absolute Gasteiger partial charge is 0.243 e. The van der Waals surface area contributed by atoms with Crippen LogP contribution >= 0.6 is 0 Å². The van der Waals surface area contributed by atoms with Crippen molar-refractivity contribution < 1.29 is 13.5 Å². The molecule has 2 N–H and O–H groups in total. The van der Waals surface area contributed by atoms with E-state index in [-0.39, 0.29) is 11.4 Å². The molecule has 0 spiro atoms. The molecule has 1 saturated heterocycles. The van der Waals surface area contributed by atoms with E-state index in [2.05, 4.69) is 12.2 Å². The van der Waals surface area contributed by atoms with Crippen molar-refractivity contribution in [2.75, 3.05) is 25.0 Å². The lowest BCUT2D eigenvalue weighted by atomic mass is 10.3. The first-order valence-corrected chi connectivity index (χ1v) is 8.00. The predicted molar refractivity (Wildman–Crippen MR) is 74.6 cm³/mol. The second-order valence-electron chi connectivity index (χ2n) is 4.76. The highest BCUT2D eigenvalue weighted by molar-refractivity contribution is 7.89. The van der Waals surface area contributed by atoms with E-state index in [9.17, 15) is 13.5 Å². The van der Waals surface area contributed by atoms with Gasteiger partial charge in [0.1, 0.15) is 0 Å². The second kappa shape index (κ2) is 5.90. The van der Waals surface area contributed by atoms with Gasteiger partial charge >= 0.3 is 0 Å². The SMILES string of the molecule is CCCNc1ccc(S(=O)(=O)N2CCC(O)C2)cc1. The minimum Gasteiger partial charge on any atom is -0.392 e. The standard InChI is InChI=1S/C13H20N2O3S/c1-2-8-14-11-3-5-13(6-4-11)19(17,18)15-9-7-12(16)10-15/h3-6,12,14,16H,2,7-10H2,1H3. The van der Waals surface area contributed by atoms with Crippen LogP contribution in [0.25, 0.3) is 0 Å². The summed E-state index contributed by atoms with van der Waals surface area (Å²) in [7, 11) is -3.46. The Balaban J connectivity index is 2.12. The molecule has 1 unspecified atom stereocenters. The Labute approximate surface area is 114 Å². The summed E-state index contributed by atoms with van der Waals surface area (Å²) < 4.78 is 25.9. The molecule has 6 heteroatoms. The van der Waals surface area contributed by atoms with Crippen LogP contribution in [0.4, 0.5) is 5.69 Å². The Hall–Kier alpha value is -1.11. The Morgan fingerprint density at radius 1 is 1.37 bits per heavy atom. The van der Waals surface area contributed by atoms with Gasteiger partial charge in [0, 0.05) is 25.3 Å². The van der Waals surface area contributed by atoms with Crippen LogP contribution < -0.4 is 5.32 Å². The maximum Gasteiger partial charge on any atom is 0.243 e. The number of hydrogen-bond acceptors (Lipinski definition) is 4. The Bertz CT molecular complexity index is 513. The fourth-order valence-corrected chi connectivity index (χ4v) is 3.58. The van der Waals surface area contributed by atoms with Crippen molar-refractivity contribution in [1.29, 1.82) is 0 Å². The number of benzene rings is 1. The van der Waals surface area contributed by atoms with Crippen molar-refractivity contribution in [2.45, 2.75) is 30.8 Å². The van der Waals surface area contributed by atoms with Gasteiger partial charge in [0.2, 0.25) is 10.0 Å². The Morgan fingerprint density at radius 2 is 2.05 bits per heavy atom. The average molecular weight is 284 g/mol. The van der Waals surface area contributed by atoms with E-state index in [0.29, 0.717) is 13.0 Å². The van der Waals surface area contributed by atoms with Crippen molar-refractivity contribution in [3.05, 3.63) is 24.3 Å². The molecule has 1 aromatic carbocycles. The molecule has 1 fully saturated rings. The molecule has 0 amide bonds. The van der Waals surface area contributed by atoms with Crippen LogP contribution in [0.15, 0.2) is 29.2 Å². The first kappa shape index (κ1) is 14.3. The molecule has 0 bridgehead atoms. The van der Waals surface area contributed by atoms with Gasteiger partial charge in [-0.2, -0.15) is 4.31 Å². The summed E-state index contributed by atoms with van der Waals surface area (Å²) >= 11 is 0. The van der Waals surface area contributed by atoms with E-state index in [1.165, 1.54) is 4.31 Å². The molecule has 5 nitrogen and oxygen atoms in total. The van der Waals surface area contributed by atoms with Crippen molar-refractivity contribution >= 4 is 15.7 Å². The normalized spacial score (nSPS) is 20.6. The zero-order chi connectivity index (χ0) is 13.9. The number of anilines is 1. The third-order valence-corrected chi connectivity index (χ3v) is 5.08. The van der Waals surface area contributed by atoms with Crippen LogP contribution in [0.5, 0.6) is 0 Å². The highest BCUT2D eigenvalue weighted by Crippen LogP contribution is 2.22. The van der Waals surface area contributed by atoms with Gasteiger partial charge in [-0.1, -0.05) is 6.92 Å². The van der Waals surface area contributed by atoms with Crippen LogP contribution in [0, 0.1) is 0 Å². The number of nitrogens with zero attached hydrogens (tertiary/aromatic N) is 1. The monoisotopic (exact) mass is 284 g/mol. The van der Waals surface area contributed by atoms with Crippen molar-refractivity contribution in [1.82, 2.24) is 4.31 Å². The molecule has 1 heterocycles. The molecule has 0 saturated carbocycles. The van der Waals surface area contributed by atoms with Gasteiger partial charge in [0.15, 0.2) is 0 Å². The number of aliphatic hydroxyl groups is 1. The van der Waals surface area contributed by atoms with Crippen molar-refractivity contribution in [3.63, 3.8) is 0 Å². The molecular weight excluding hydrogens is 264 g/mol. The molecule has 0 radical (unpaired) electrons. The minimum absolute atomic E-state index is 0.193. The summed E-state index contributed by atoms with van der Waals surface area (Å²) in [4.78, 5) is 0.281. The summed E-state index contributed by atoms with van der Waals surface area (Å²) in [6, 6.07) is 6.76. The molecule has 0 aliphatic carbocycles. The van der Waals surface area contributed by atoms with Gasteiger partial charge in [-0.05, 0) is 37.1 Å². The lowest BCUT2D eigenvalue weighted by Gasteiger charge is -2.16. The Morgan fingerprint density at radius 3 is 2.58 bits per heavy atom. The molecule has 1 aliphatic rings. The summed E-state index contributed by atoms with van der Waals surface area (Å²) in [6.07, 6.45) is 0.987. The van der Waals surface area contributed by atoms with Crippen molar-refractivity contribution in [2.24, 2.45) is 0 Å².